The van der Waals surface area contributed by atoms with Crippen LogP contribution in [0.1, 0.15) is 15.9 Å². The van der Waals surface area contributed by atoms with Crippen molar-refractivity contribution in [2.45, 2.75) is 6.42 Å². The molecule has 1 aliphatic heterocycles. The Morgan fingerprint density at radius 2 is 1.74 bits per heavy atom. The van der Waals surface area contributed by atoms with Crippen LogP contribution in [0.4, 0.5) is 0 Å². The van der Waals surface area contributed by atoms with Crippen molar-refractivity contribution < 1.29 is 19.1 Å². The highest BCUT2D eigenvalue weighted by Gasteiger charge is 2.34. The number of carbonyl (C=O) groups is 3. The summed E-state index contributed by atoms with van der Waals surface area (Å²) in [5.74, 6) is -0.904. The molecule has 1 heterocycles. The highest BCUT2D eigenvalue weighted by Crippen LogP contribution is 2.25. The van der Waals surface area contributed by atoms with Crippen molar-refractivity contribution in [3.63, 3.8) is 0 Å². The Labute approximate surface area is 162 Å². The van der Waals surface area contributed by atoms with Crippen LogP contribution >= 0.6 is 11.6 Å². The van der Waals surface area contributed by atoms with Gasteiger partial charge in [0.1, 0.15) is 18.8 Å². The lowest BCUT2D eigenvalue weighted by molar-refractivity contribution is -0.150. The summed E-state index contributed by atoms with van der Waals surface area (Å²) in [5.41, 5.74) is 1.31. The molecule has 0 atom stereocenters. The number of methoxy groups -OCH3 is 1. The quantitative estimate of drug-likeness (QED) is 0.740. The minimum atomic E-state index is -0.437. The van der Waals surface area contributed by atoms with Crippen LogP contribution in [0, 0.1) is 0 Å². The Kier molecular flexibility index (Phi) is 5.76. The molecule has 140 valence electrons. The topological polar surface area (TPSA) is 66.9 Å². The van der Waals surface area contributed by atoms with Gasteiger partial charge in [-0.15, -0.1) is 0 Å². The predicted octanol–water partition coefficient (Wildman–Crippen LogP) is 2.40. The van der Waals surface area contributed by atoms with E-state index in [1.807, 2.05) is 30.3 Å². The summed E-state index contributed by atoms with van der Waals surface area (Å²) < 4.78 is 5.19. The number of piperazine rings is 1. The third-order valence-corrected chi connectivity index (χ3v) is 4.64. The number of rotatable bonds is 5. The fourth-order valence-electron chi connectivity index (χ4n) is 2.98. The van der Waals surface area contributed by atoms with E-state index in [4.69, 9.17) is 16.3 Å². The number of halogens is 1. The maximum Gasteiger partial charge on any atom is 0.258 e. The molecule has 0 saturated carbocycles. The van der Waals surface area contributed by atoms with Gasteiger partial charge in [-0.05, 0) is 30.2 Å². The fourth-order valence-corrected chi connectivity index (χ4v) is 3.15. The molecule has 0 unspecified atom stereocenters. The van der Waals surface area contributed by atoms with Crippen molar-refractivity contribution in [1.82, 2.24) is 9.80 Å². The molecule has 1 fully saturated rings. The number of hydrogen-bond acceptors (Lipinski definition) is 4. The van der Waals surface area contributed by atoms with Gasteiger partial charge in [0.05, 0.1) is 12.7 Å². The summed E-state index contributed by atoms with van der Waals surface area (Å²) in [7, 11) is 1.43. The number of amides is 3. The molecule has 3 amide bonds. The molecule has 0 aliphatic carbocycles. The number of nitrogens with zero attached hydrogens (tertiary/aromatic N) is 2. The highest BCUT2D eigenvalue weighted by molar-refractivity contribution is 6.30. The van der Waals surface area contributed by atoms with Crippen molar-refractivity contribution in [1.29, 1.82) is 0 Å². The van der Waals surface area contributed by atoms with E-state index in [2.05, 4.69) is 0 Å². The third-order valence-electron chi connectivity index (χ3n) is 4.40. The molecule has 1 saturated heterocycles. The Balaban J connectivity index is 1.68. The minimum Gasteiger partial charge on any atom is -0.496 e. The summed E-state index contributed by atoms with van der Waals surface area (Å²) >= 11 is 5.92. The zero-order valence-electron chi connectivity index (χ0n) is 14.9. The monoisotopic (exact) mass is 386 g/mol. The first-order valence-corrected chi connectivity index (χ1v) is 8.87. The molecule has 7 heteroatoms. The molecule has 0 bridgehead atoms. The van der Waals surface area contributed by atoms with Gasteiger partial charge in [0.25, 0.3) is 5.91 Å². The molecule has 3 rings (SSSR count). The van der Waals surface area contributed by atoms with Crippen LogP contribution in [0.15, 0.2) is 48.5 Å². The zero-order valence-corrected chi connectivity index (χ0v) is 15.6. The van der Waals surface area contributed by atoms with Gasteiger partial charge < -0.3 is 9.64 Å². The third kappa shape index (κ3) is 4.28. The molecular weight excluding hydrogens is 368 g/mol. The highest BCUT2D eigenvalue weighted by atomic mass is 35.5. The van der Waals surface area contributed by atoms with E-state index >= 15 is 0 Å². The Morgan fingerprint density at radius 3 is 2.37 bits per heavy atom. The first-order valence-electron chi connectivity index (χ1n) is 8.49. The molecule has 0 spiro atoms. The molecule has 6 nitrogen and oxygen atoms in total. The van der Waals surface area contributed by atoms with Gasteiger partial charge in [-0.25, -0.2) is 0 Å². The lowest BCUT2D eigenvalue weighted by Crippen LogP contribution is -2.56. The predicted molar refractivity (Wildman–Crippen MR) is 101 cm³/mol. The summed E-state index contributed by atoms with van der Waals surface area (Å²) in [4.78, 5) is 40.1. The smallest absolute Gasteiger partial charge is 0.258 e. The van der Waals surface area contributed by atoms with Gasteiger partial charge in [0.2, 0.25) is 11.8 Å². The van der Waals surface area contributed by atoms with Gasteiger partial charge in [-0.3, -0.25) is 19.3 Å². The molecule has 0 N–H and O–H groups in total. The second-order valence-corrected chi connectivity index (χ2v) is 6.62. The second-order valence-electron chi connectivity index (χ2n) is 6.18. The Morgan fingerprint density at radius 1 is 1.07 bits per heavy atom. The summed E-state index contributed by atoms with van der Waals surface area (Å²) in [6, 6.07) is 14.2. The number of ether oxygens (including phenoxy) is 1. The Hall–Kier alpha value is -2.86. The number of hydrogen-bond donors (Lipinski definition) is 0. The maximum atomic E-state index is 12.7. The van der Waals surface area contributed by atoms with E-state index in [9.17, 15) is 14.4 Å². The molecule has 27 heavy (non-hydrogen) atoms. The average Bonchev–Trinajstić information content (AvgIpc) is 2.67. The molecule has 2 aromatic carbocycles. The molecule has 0 aromatic heterocycles. The summed E-state index contributed by atoms with van der Waals surface area (Å²) in [6.45, 7) is 0.00423. The van der Waals surface area contributed by atoms with Crippen molar-refractivity contribution in [2.75, 3.05) is 26.7 Å². The number of imide groups is 1. The van der Waals surface area contributed by atoms with E-state index in [0.717, 1.165) is 5.56 Å². The van der Waals surface area contributed by atoms with E-state index < -0.39 is 5.91 Å². The van der Waals surface area contributed by atoms with Crippen LogP contribution in [0.25, 0.3) is 0 Å². The molecule has 1 aliphatic rings. The fraction of sp³-hybridized carbons (Fsp3) is 0.250. The Bertz CT molecular complexity index is 852. The minimum absolute atomic E-state index is 0.148. The van der Waals surface area contributed by atoms with Crippen LogP contribution in [-0.4, -0.2) is 54.3 Å². The van der Waals surface area contributed by atoms with Gasteiger partial charge in [-0.2, -0.15) is 0 Å². The maximum absolute atomic E-state index is 12.7. The zero-order chi connectivity index (χ0) is 19.4. The molecule has 0 radical (unpaired) electrons. The summed E-state index contributed by atoms with van der Waals surface area (Å²) in [6.07, 6.45) is 0.581. The van der Waals surface area contributed by atoms with Gasteiger partial charge >= 0.3 is 0 Å². The van der Waals surface area contributed by atoms with Crippen LogP contribution in [-0.2, 0) is 16.0 Å². The van der Waals surface area contributed by atoms with Crippen LogP contribution in [0.2, 0.25) is 5.02 Å². The lowest BCUT2D eigenvalue weighted by Gasteiger charge is -2.33. The number of carbonyl (C=O) groups excluding carboxylic acids is 3. The molecule has 2 aromatic rings. The normalized spacial score (nSPS) is 14.4. The molecular formula is C20H19ClN2O4. The van der Waals surface area contributed by atoms with Gasteiger partial charge in [0, 0.05) is 11.6 Å². The van der Waals surface area contributed by atoms with E-state index in [-0.39, 0.29) is 30.5 Å². The first kappa shape index (κ1) is 18.9. The standard InChI is InChI=1S/C20H19ClN2O4/c1-27-17-11-15(21)7-8-16(17)20(26)22-12-18(24)23(19(25)13-22)10-9-14-5-3-2-4-6-14/h2-8,11H,9-10,12-13H2,1H3. The summed E-state index contributed by atoms with van der Waals surface area (Å²) in [5, 5.41) is 0.432. The number of benzene rings is 2. The van der Waals surface area contributed by atoms with E-state index in [0.29, 0.717) is 23.7 Å². The largest absolute Gasteiger partial charge is 0.496 e. The van der Waals surface area contributed by atoms with Gasteiger partial charge in [-0.1, -0.05) is 41.9 Å². The SMILES string of the molecule is COc1cc(Cl)ccc1C(=O)N1CC(=O)N(CCc2ccccc2)C(=O)C1. The van der Waals surface area contributed by atoms with Crippen LogP contribution in [0.3, 0.4) is 0 Å². The van der Waals surface area contributed by atoms with Crippen molar-refractivity contribution in [3.8, 4) is 5.75 Å². The van der Waals surface area contributed by atoms with E-state index in [1.165, 1.54) is 29.0 Å². The van der Waals surface area contributed by atoms with E-state index in [1.54, 1.807) is 6.07 Å². The average molecular weight is 387 g/mol. The first-order chi connectivity index (χ1) is 13.0. The van der Waals surface area contributed by atoms with Crippen LogP contribution < -0.4 is 4.74 Å². The van der Waals surface area contributed by atoms with Crippen molar-refractivity contribution >= 4 is 29.3 Å². The van der Waals surface area contributed by atoms with Crippen LogP contribution in [0.5, 0.6) is 5.75 Å². The van der Waals surface area contributed by atoms with Crippen molar-refractivity contribution in [2.24, 2.45) is 0 Å². The lowest BCUT2D eigenvalue weighted by atomic mass is 10.1. The van der Waals surface area contributed by atoms with Gasteiger partial charge in [0.15, 0.2) is 0 Å². The second kappa shape index (κ2) is 8.22. The van der Waals surface area contributed by atoms with Crippen molar-refractivity contribution in [3.05, 3.63) is 64.7 Å².